The number of hydrogen-bond acceptors (Lipinski definition) is 3. The van der Waals surface area contributed by atoms with E-state index in [1.165, 1.54) is 17.5 Å². The van der Waals surface area contributed by atoms with Crippen LogP contribution in [0.3, 0.4) is 0 Å². The molecular weight excluding hydrogens is 390 g/mol. The van der Waals surface area contributed by atoms with Crippen molar-refractivity contribution in [2.45, 2.75) is 31.8 Å². The summed E-state index contributed by atoms with van der Waals surface area (Å²) in [5, 5.41) is 6.91. The van der Waals surface area contributed by atoms with E-state index in [2.05, 4.69) is 56.9 Å². The van der Waals surface area contributed by atoms with Crippen molar-refractivity contribution < 1.29 is 4.79 Å². The molecule has 1 amide bonds. The van der Waals surface area contributed by atoms with E-state index in [9.17, 15) is 4.79 Å². The second-order valence-electron chi connectivity index (χ2n) is 6.68. The summed E-state index contributed by atoms with van der Waals surface area (Å²) in [5.41, 5.74) is 3.63. The molecule has 0 radical (unpaired) electrons. The maximum atomic E-state index is 11.3. The summed E-state index contributed by atoms with van der Waals surface area (Å²) < 4.78 is 1.08. The standard InChI is InChI=1S/C21H26BrN3O/c22-19-8-1-2-9-20(19)24-12-11-23-15-17-6-5-7-18(14-17)21-10-3-4-13-25(21)16-26/h1-2,5-9,14,16,21,23-24H,3-4,10-13,15H2. The lowest BCUT2D eigenvalue weighted by molar-refractivity contribution is -0.121. The van der Waals surface area contributed by atoms with Gasteiger partial charge in [-0.1, -0.05) is 36.4 Å². The van der Waals surface area contributed by atoms with Gasteiger partial charge in [0.15, 0.2) is 0 Å². The van der Waals surface area contributed by atoms with Gasteiger partial charge in [0.2, 0.25) is 6.41 Å². The summed E-state index contributed by atoms with van der Waals surface area (Å²) in [6.45, 7) is 3.45. The zero-order valence-electron chi connectivity index (χ0n) is 15.0. The molecule has 4 nitrogen and oxygen atoms in total. The number of rotatable bonds is 8. The lowest BCUT2D eigenvalue weighted by Crippen LogP contribution is -2.32. The molecule has 0 spiro atoms. The van der Waals surface area contributed by atoms with Gasteiger partial charge in [0, 0.05) is 36.3 Å². The van der Waals surface area contributed by atoms with Crippen LogP contribution in [0.1, 0.15) is 36.4 Å². The Balaban J connectivity index is 1.48. The molecule has 3 rings (SSSR count). The third-order valence-corrected chi connectivity index (χ3v) is 5.53. The molecule has 26 heavy (non-hydrogen) atoms. The number of hydrogen-bond donors (Lipinski definition) is 2. The zero-order valence-corrected chi connectivity index (χ0v) is 16.5. The molecule has 1 atom stereocenters. The summed E-state index contributed by atoms with van der Waals surface area (Å²) in [7, 11) is 0. The van der Waals surface area contributed by atoms with Crippen molar-refractivity contribution in [1.82, 2.24) is 10.2 Å². The topological polar surface area (TPSA) is 44.4 Å². The fourth-order valence-electron chi connectivity index (χ4n) is 3.47. The van der Waals surface area contributed by atoms with Crippen LogP contribution >= 0.6 is 15.9 Å². The number of anilines is 1. The maximum Gasteiger partial charge on any atom is 0.210 e. The second-order valence-corrected chi connectivity index (χ2v) is 7.54. The second kappa shape index (κ2) is 9.74. The molecule has 1 aliphatic rings. The van der Waals surface area contributed by atoms with E-state index in [-0.39, 0.29) is 6.04 Å². The predicted molar refractivity (Wildman–Crippen MR) is 110 cm³/mol. The van der Waals surface area contributed by atoms with Gasteiger partial charge in [-0.3, -0.25) is 4.79 Å². The molecule has 2 aromatic carbocycles. The molecule has 0 bridgehead atoms. The first-order valence-corrected chi connectivity index (χ1v) is 10.1. The van der Waals surface area contributed by atoms with Crippen LogP contribution in [-0.2, 0) is 11.3 Å². The predicted octanol–water partition coefficient (Wildman–Crippen LogP) is 4.33. The molecule has 1 saturated heterocycles. The van der Waals surface area contributed by atoms with Crippen LogP contribution in [0.25, 0.3) is 0 Å². The number of nitrogens with zero attached hydrogens (tertiary/aromatic N) is 1. The van der Waals surface area contributed by atoms with Gasteiger partial charge in [-0.25, -0.2) is 0 Å². The highest BCUT2D eigenvalue weighted by Crippen LogP contribution is 2.30. The molecule has 138 valence electrons. The van der Waals surface area contributed by atoms with Crippen LogP contribution in [0.4, 0.5) is 5.69 Å². The number of halogens is 1. The van der Waals surface area contributed by atoms with Crippen molar-refractivity contribution in [3.05, 3.63) is 64.1 Å². The lowest BCUT2D eigenvalue weighted by Gasteiger charge is -2.33. The summed E-state index contributed by atoms with van der Waals surface area (Å²) in [4.78, 5) is 13.3. The molecule has 1 unspecified atom stereocenters. The van der Waals surface area contributed by atoms with Gasteiger partial charge >= 0.3 is 0 Å². The van der Waals surface area contributed by atoms with Gasteiger partial charge in [0.05, 0.1) is 6.04 Å². The van der Waals surface area contributed by atoms with Crippen molar-refractivity contribution in [2.75, 3.05) is 25.0 Å². The molecule has 2 N–H and O–H groups in total. The fourth-order valence-corrected chi connectivity index (χ4v) is 3.90. The normalized spacial score (nSPS) is 17.1. The maximum absolute atomic E-state index is 11.3. The number of likely N-dealkylation sites (tertiary alicyclic amines) is 1. The van der Waals surface area contributed by atoms with Crippen LogP contribution in [0.15, 0.2) is 53.0 Å². The molecule has 0 aromatic heterocycles. The van der Waals surface area contributed by atoms with Crippen molar-refractivity contribution in [1.29, 1.82) is 0 Å². The minimum absolute atomic E-state index is 0.235. The average molecular weight is 416 g/mol. The largest absolute Gasteiger partial charge is 0.383 e. The first kappa shape index (κ1) is 18.9. The third-order valence-electron chi connectivity index (χ3n) is 4.84. The van der Waals surface area contributed by atoms with Crippen LogP contribution in [0.5, 0.6) is 0 Å². The smallest absolute Gasteiger partial charge is 0.210 e. The molecule has 5 heteroatoms. The Morgan fingerprint density at radius 2 is 2.00 bits per heavy atom. The van der Waals surface area contributed by atoms with Crippen molar-refractivity contribution in [2.24, 2.45) is 0 Å². The van der Waals surface area contributed by atoms with E-state index in [1.807, 2.05) is 23.1 Å². The Morgan fingerprint density at radius 3 is 2.85 bits per heavy atom. The molecule has 1 aliphatic heterocycles. The Kier molecular flexibility index (Phi) is 7.09. The monoisotopic (exact) mass is 415 g/mol. The SMILES string of the molecule is O=CN1CCCCC1c1cccc(CNCCNc2ccccc2Br)c1. The first-order valence-electron chi connectivity index (χ1n) is 9.27. The van der Waals surface area contributed by atoms with Gasteiger partial charge in [0.1, 0.15) is 0 Å². The minimum Gasteiger partial charge on any atom is -0.383 e. The van der Waals surface area contributed by atoms with E-state index in [0.717, 1.165) is 55.6 Å². The van der Waals surface area contributed by atoms with Crippen LogP contribution in [0.2, 0.25) is 0 Å². The highest BCUT2D eigenvalue weighted by molar-refractivity contribution is 9.10. The lowest BCUT2D eigenvalue weighted by atomic mass is 9.94. The number of piperidine rings is 1. The van der Waals surface area contributed by atoms with Gasteiger partial charge < -0.3 is 15.5 Å². The third kappa shape index (κ3) is 5.08. The summed E-state index contributed by atoms with van der Waals surface area (Å²) in [6.07, 6.45) is 4.37. The van der Waals surface area contributed by atoms with E-state index >= 15 is 0 Å². The van der Waals surface area contributed by atoms with Gasteiger partial charge in [-0.05, 0) is 58.5 Å². The Labute approximate surface area is 164 Å². The number of nitrogens with one attached hydrogen (secondary N) is 2. The quantitative estimate of drug-likeness (QED) is 0.497. The van der Waals surface area contributed by atoms with Crippen molar-refractivity contribution in [3.8, 4) is 0 Å². The number of amides is 1. The Morgan fingerprint density at radius 1 is 1.12 bits per heavy atom. The number of benzene rings is 2. The fraction of sp³-hybridized carbons (Fsp3) is 0.381. The molecular formula is C21H26BrN3O. The van der Waals surface area contributed by atoms with Crippen LogP contribution in [-0.4, -0.2) is 30.9 Å². The summed E-state index contributed by atoms with van der Waals surface area (Å²) in [6, 6.07) is 17.0. The highest BCUT2D eigenvalue weighted by Gasteiger charge is 2.22. The van der Waals surface area contributed by atoms with E-state index < -0.39 is 0 Å². The van der Waals surface area contributed by atoms with Crippen molar-refractivity contribution in [3.63, 3.8) is 0 Å². The van der Waals surface area contributed by atoms with Gasteiger partial charge in [-0.15, -0.1) is 0 Å². The minimum atomic E-state index is 0.235. The molecule has 2 aromatic rings. The van der Waals surface area contributed by atoms with Crippen LogP contribution in [0, 0.1) is 0 Å². The van der Waals surface area contributed by atoms with Crippen molar-refractivity contribution >= 4 is 28.0 Å². The first-order chi connectivity index (χ1) is 12.8. The molecule has 0 aliphatic carbocycles. The number of para-hydroxylation sites is 1. The van der Waals surface area contributed by atoms with E-state index in [4.69, 9.17) is 0 Å². The molecule has 1 heterocycles. The molecule has 0 saturated carbocycles. The average Bonchev–Trinajstić information content (AvgIpc) is 2.69. The molecule has 1 fully saturated rings. The summed E-state index contributed by atoms with van der Waals surface area (Å²) >= 11 is 3.55. The number of carbonyl (C=O) groups excluding carboxylic acids is 1. The highest BCUT2D eigenvalue weighted by atomic mass is 79.9. The Hall–Kier alpha value is -1.85. The van der Waals surface area contributed by atoms with E-state index in [1.54, 1.807) is 0 Å². The Bertz CT molecular complexity index is 722. The zero-order chi connectivity index (χ0) is 18.2. The number of carbonyl (C=O) groups is 1. The van der Waals surface area contributed by atoms with Crippen LogP contribution < -0.4 is 10.6 Å². The van der Waals surface area contributed by atoms with Gasteiger partial charge in [0.25, 0.3) is 0 Å². The summed E-state index contributed by atoms with van der Waals surface area (Å²) in [5.74, 6) is 0. The van der Waals surface area contributed by atoms with E-state index in [0.29, 0.717) is 0 Å². The van der Waals surface area contributed by atoms with Gasteiger partial charge in [-0.2, -0.15) is 0 Å².